The Labute approximate surface area is 177 Å². The Bertz CT molecular complexity index is 851. The largest absolute Gasteiger partial charge is 0.496 e. The van der Waals surface area contributed by atoms with Crippen LogP contribution in [0.25, 0.3) is 0 Å². The summed E-state index contributed by atoms with van der Waals surface area (Å²) in [6.07, 6.45) is -0.101. The van der Waals surface area contributed by atoms with E-state index in [1.165, 1.54) is 6.92 Å². The summed E-state index contributed by atoms with van der Waals surface area (Å²) < 4.78 is 21.8. The van der Waals surface area contributed by atoms with Crippen LogP contribution >= 0.6 is 0 Å². The van der Waals surface area contributed by atoms with E-state index in [9.17, 15) is 9.59 Å². The summed E-state index contributed by atoms with van der Waals surface area (Å²) in [5.74, 6) is 0.697. The van der Waals surface area contributed by atoms with Crippen LogP contribution in [0, 0.1) is 0 Å². The molecule has 0 saturated heterocycles. The number of amides is 1. The highest BCUT2D eigenvalue weighted by Crippen LogP contribution is 2.29. The molecule has 0 heterocycles. The maximum absolute atomic E-state index is 12.5. The lowest BCUT2D eigenvalue weighted by molar-refractivity contribution is -0.129. The van der Waals surface area contributed by atoms with E-state index in [1.54, 1.807) is 25.3 Å². The maximum atomic E-state index is 12.5. The standard InChI is InChI=1S/C23H29NO6/c1-5-13-29-20-12-11-17(14-21(20)28-6-2)23(26)30-16(3)22(25)24-15-18-9-7-8-10-19(18)27-4/h7-12,14,16H,5-6,13,15H2,1-4H3,(H,24,25). The molecule has 0 saturated carbocycles. The smallest absolute Gasteiger partial charge is 0.339 e. The van der Waals surface area contributed by atoms with Gasteiger partial charge in [-0.25, -0.2) is 4.79 Å². The fourth-order valence-electron chi connectivity index (χ4n) is 2.69. The van der Waals surface area contributed by atoms with Gasteiger partial charge in [0.25, 0.3) is 5.91 Å². The molecule has 0 aliphatic heterocycles. The molecule has 0 aliphatic carbocycles. The van der Waals surface area contributed by atoms with Crippen molar-refractivity contribution in [3.8, 4) is 17.2 Å². The molecule has 162 valence electrons. The molecule has 1 N–H and O–H groups in total. The molecular formula is C23H29NO6. The second kappa shape index (κ2) is 11.7. The molecule has 1 atom stereocenters. The molecule has 0 bridgehead atoms. The molecule has 0 aromatic heterocycles. The first-order chi connectivity index (χ1) is 14.5. The van der Waals surface area contributed by atoms with Gasteiger partial charge in [-0.15, -0.1) is 0 Å². The van der Waals surface area contributed by atoms with Gasteiger partial charge in [0.2, 0.25) is 0 Å². The first kappa shape index (κ1) is 23.1. The highest BCUT2D eigenvalue weighted by molar-refractivity contribution is 5.92. The van der Waals surface area contributed by atoms with Crippen LogP contribution in [-0.2, 0) is 16.1 Å². The monoisotopic (exact) mass is 415 g/mol. The predicted molar refractivity (Wildman–Crippen MR) is 113 cm³/mol. The Balaban J connectivity index is 1.98. The maximum Gasteiger partial charge on any atom is 0.339 e. The molecule has 30 heavy (non-hydrogen) atoms. The Morgan fingerprint density at radius 2 is 1.77 bits per heavy atom. The van der Waals surface area contributed by atoms with Gasteiger partial charge in [0.15, 0.2) is 17.6 Å². The SMILES string of the molecule is CCCOc1ccc(C(=O)OC(C)C(=O)NCc2ccccc2OC)cc1OCC. The predicted octanol–water partition coefficient (Wildman–Crippen LogP) is 3.74. The van der Waals surface area contributed by atoms with Gasteiger partial charge in [0, 0.05) is 12.1 Å². The Kier molecular flexibility index (Phi) is 9.00. The van der Waals surface area contributed by atoms with E-state index in [0.717, 1.165) is 12.0 Å². The lowest BCUT2D eigenvalue weighted by Crippen LogP contribution is -2.35. The van der Waals surface area contributed by atoms with Gasteiger partial charge in [0.05, 0.1) is 25.9 Å². The van der Waals surface area contributed by atoms with Crippen LogP contribution in [-0.4, -0.2) is 38.3 Å². The van der Waals surface area contributed by atoms with E-state index < -0.39 is 18.0 Å². The van der Waals surface area contributed by atoms with Gasteiger partial charge < -0.3 is 24.3 Å². The summed E-state index contributed by atoms with van der Waals surface area (Å²) in [6.45, 7) is 6.63. The van der Waals surface area contributed by atoms with Gasteiger partial charge in [-0.3, -0.25) is 4.79 Å². The van der Waals surface area contributed by atoms with Crippen molar-refractivity contribution in [2.45, 2.75) is 39.8 Å². The average Bonchev–Trinajstić information content (AvgIpc) is 2.76. The molecule has 2 aromatic carbocycles. The number of para-hydroxylation sites is 1. The summed E-state index contributed by atoms with van der Waals surface area (Å²) >= 11 is 0. The lowest BCUT2D eigenvalue weighted by atomic mass is 10.2. The van der Waals surface area contributed by atoms with Crippen molar-refractivity contribution in [2.75, 3.05) is 20.3 Å². The Morgan fingerprint density at radius 1 is 1.00 bits per heavy atom. The van der Waals surface area contributed by atoms with Crippen LogP contribution in [0.5, 0.6) is 17.2 Å². The van der Waals surface area contributed by atoms with Crippen LogP contribution < -0.4 is 19.5 Å². The van der Waals surface area contributed by atoms with Crippen molar-refractivity contribution in [3.63, 3.8) is 0 Å². The molecule has 0 aliphatic rings. The first-order valence-corrected chi connectivity index (χ1v) is 10.00. The molecule has 7 heteroatoms. The first-order valence-electron chi connectivity index (χ1n) is 10.00. The van der Waals surface area contributed by atoms with Gasteiger partial charge in [-0.05, 0) is 44.5 Å². The fourth-order valence-corrected chi connectivity index (χ4v) is 2.69. The fraction of sp³-hybridized carbons (Fsp3) is 0.391. The van der Waals surface area contributed by atoms with Gasteiger partial charge in [-0.1, -0.05) is 25.1 Å². The molecule has 0 spiro atoms. The number of carbonyl (C=O) groups excluding carboxylic acids is 2. The quantitative estimate of drug-likeness (QED) is 0.563. The summed E-state index contributed by atoms with van der Waals surface area (Å²) in [7, 11) is 1.57. The van der Waals surface area contributed by atoms with E-state index in [2.05, 4.69) is 5.32 Å². The number of nitrogens with one attached hydrogen (secondary N) is 1. The number of hydrogen-bond acceptors (Lipinski definition) is 6. The van der Waals surface area contributed by atoms with Crippen LogP contribution in [0.1, 0.15) is 43.1 Å². The van der Waals surface area contributed by atoms with E-state index >= 15 is 0 Å². The van der Waals surface area contributed by atoms with E-state index in [0.29, 0.717) is 30.5 Å². The number of esters is 1. The minimum Gasteiger partial charge on any atom is -0.496 e. The molecule has 0 radical (unpaired) electrons. The topological polar surface area (TPSA) is 83.1 Å². The molecule has 2 rings (SSSR count). The van der Waals surface area contributed by atoms with Crippen molar-refractivity contribution in [2.24, 2.45) is 0 Å². The molecular weight excluding hydrogens is 386 g/mol. The Morgan fingerprint density at radius 3 is 2.47 bits per heavy atom. The van der Waals surface area contributed by atoms with Crippen molar-refractivity contribution in [3.05, 3.63) is 53.6 Å². The lowest BCUT2D eigenvalue weighted by Gasteiger charge is -2.16. The Hall–Kier alpha value is -3.22. The van der Waals surface area contributed by atoms with Crippen LogP contribution in [0.3, 0.4) is 0 Å². The zero-order valence-electron chi connectivity index (χ0n) is 17.9. The molecule has 7 nitrogen and oxygen atoms in total. The van der Waals surface area contributed by atoms with Crippen molar-refractivity contribution in [1.82, 2.24) is 5.32 Å². The van der Waals surface area contributed by atoms with Crippen molar-refractivity contribution < 1.29 is 28.5 Å². The van der Waals surface area contributed by atoms with Crippen LogP contribution in [0.4, 0.5) is 0 Å². The number of benzene rings is 2. The van der Waals surface area contributed by atoms with Gasteiger partial charge in [0.1, 0.15) is 5.75 Å². The van der Waals surface area contributed by atoms with E-state index in [1.807, 2.05) is 38.1 Å². The van der Waals surface area contributed by atoms with Crippen molar-refractivity contribution in [1.29, 1.82) is 0 Å². The minimum absolute atomic E-state index is 0.267. The molecule has 1 unspecified atom stereocenters. The number of ether oxygens (including phenoxy) is 4. The van der Waals surface area contributed by atoms with Crippen LogP contribution in [0.2, 0.25) is 0 Å². The summed E-state index contributed by atoms with van der Waals surface area (Å²) in [6, 6.07) is 12.2. The minimum atomic E-state index is -0.959. The number of carbonyl (C=O) groups is 2. The molecule has 2 aromatic rings. The third-order valence-electron chi connectivity index (χ3n) is 4.24. The zero-order valence-corrected chi connectivity index (χ0v) is 17.9. The van der Waals surface area contributed by atoms with Crippen LogP contribution in [0.15, 0.2) is 42.5 Å². The normalized spacial score (nSPS) is 11.3. The average molecular weight is 415 g/mol. The summed E-state index contributed by atoms with van der Waals surface area (Å²) in [5, 5.41) is 2.75. The highest BCUT2D eigenvalue weighted by atomic mass is 16.5. The zero-order chi connectivity index (χ0) is 21.9. The van der Waals surface area contributed by atoms with Gasteiger partial charge >= 0.3 is 5.97 Å². The van der Waals surface area contributed by atoms with E-state index in [-0.39, 0.29) is 12.1 Å². The molecule has 0 fully saturated rings. The third-order valence-corrected chi connectivity index (χ3v) is 4.24. The molecule has 1 amide bonds. The van der Waals surface area contributed by atoms with Gasteiger partial charge in [-0.2, -0.15) is 0 Å². The second-order valence-corrected chi connectivity index (χ2v) is 6.52. The second-order valence-electron chi connectivity index (χ2n) is 6.52. The number of rotatable bonds is 11. The van der Waals surface area contributed by atoms with Crippen molar-refractivity contribution >= 4 is 11.9 Å². The van der Waals surface area contributed by atoms with E-state index in [4.69, 9.17) is 18.9 Å². The third kappa shape index (κ3) is 6.40. The summed E-state index contributed by atoms with van der Waals surface area (Å²) in [4.78, 5) is 24.8. The highest BCUT2D eigenvalue weighted by Gasteiger charge is 2.20. The summed E-state index contributed by atoms with van der Waals surface area (Å²) in [5.41, 5.74) is 1.11. The number of methoxy groups -OCH3 is 1. The number of hydrogen-bond donors (Lipinski definition) is 1.